The lowest BCUT2D eigenvalue weighted by molar-refractivity contribution is 0.0982. The smallest absolute Gasteiger partial charge is 0.277 e. The van der Waals surface area contributed by atoms with Crippen molar-refractivity contribution in [2.45, 2.75) is 0 Å². The molecule has 2 heterocycles. The Bertz CT molecular complexity index is 918. The zero-order valence-electron chi connectivity index (χ0n) is 13.4. The van der Waals surface area contributed by atoms with Crippen molar-refractivity contribution in [2.75, 3.05) is 11.4 Å². The van der Waals surface area contributed by atoms with Gasteiger partial charge in [-0.05, 0) is 6.07 Å². The minimum Gasteiger partial charge on any atom is -0.329 e. The molecule has 128 valence electrons. The molecule has 0 aliphatic carbocycles. The van der Waals surface area contributed by atoms with Gasteiger partial charge < -0.3 is 4.57 Å². The van der Waals surface area contributed by atoms with Crippen LogP contribution in [0.4, 0.5) is 5.13 Å². The number of hydrogen-bond acceptors (Lipinski definition) is 3. The molecular formula is C18H15Cl2N3OS. The first-order valence-corrected chi connectivity index (χ1v) is 9.11. The standard InChI is InChI=1S/C18H15Cl2N3OS/c1-3-9-23(17(24)15-10-13(19)16(20)22(15)2)18-21-14(11-25-18)12-7-5-4-6-8-12/h3-8,10-11H,1,9H2,2H3. The van der Waals surface area contributed by atoms with Gasteiger partial charge in [0.05, 0.1) is 10.7 Å². The molecule has 1 aromatic carbocycles. The van der Waals surface area contributed by atoms with Gasteiger partial charge in [0.1, 0.15) is 10.8 Å². The fourth-order valence-electron chi connectivity index (χ4n) is 2.39. The SMILES string of the molecule is C=CCN(C(=O)c1cc(Cl)c(Cl)n1C)c1nc(-c2ccccc2)cs1. The Morgan fingerprint density at radius 1 is 1.36 bits per heavy atom. The van der Waals surface area contributed by atoms with Crippen LogP contribution in [0.1, 0.15) is 10.5 Å². The van der Waals surface area contributed by atoms with Crippen molar-refractivity contribution < 1.29 is 4.79 Å². The van der Waals surface area contributed by atoms with Crippen molar-refractivity contribution in [2.24, 2.45) is 7.05 Å². The van der Waals surface area contributed by atoms with Gasteiger partial charge in [-0.25, -0.2) is 4.98 Å². The lowest BCUT2D eigenvalue weighted by Gasteiger charge is -2.18. The number of aromatic nitrogens is 2. The van der Waals surface area contributed by atoms with Gasteiger partial charge in [0.15, 0.2) is 5.13 Å². The first kappa shape index (κ1) is 17.7. The molecule has 0 unspecified atom stereocenters. The minimum absolute atomic E-state index is 0.231. The summed E-state index contributed by atoms with van der Waals surface area (Å²) in [6, 6.07) is 11.4. The summed E-state index contributed by atoms with van der Waals surface area (Å²) in [4.78, 5) is 19.1. The first-order chi connectivity index (χ1) is 12.0. The molecule has 0 N–H and O–H groups in total. The van der Waals surface area contributed by atoms with E-state index < -0.39 is 0 Å². The molecule has 0 spiro atoms. The maximum Gasteiger partial charge on any atom is 0.277 e. The van der Waals surface area contributed by atoms with Gasteiger partial charge in [-0.2, -0.15) is 0 Å². The number of amides is 1. The quantitative estimate of drug-likeness (QED) is 0.554. The molecule has 3 aromatic rings. The summed E-state index contributed by atoms with van der Waals surface area (Å²) < 4.78 is 1.56. The van der Waals surface area contributed by atoms with Gasteiger partial charge in [0.2, 0.25) is 0 Å². The Hall–Kier alpha value is -2.08. The van der Waals surface area contributed by atoms with Crippen LogP contribution in [-0.2, 0) is 7.05 Å². The van der Waals surface area contributed by atoms with E-state index in [0.717, 1.165) is 11.3 Å². The molecular weight excluding hydrogens is 377 g/mol. The highest BCUT2D eigenvalue weighted by Gasteiger charge is 2.24. The number of halogens is 2. The maximum absolute atomic E-state index is 13.0. The number of thiazole rings is 1. The van der Waals surface area contributed by atoms with Crippen LogP contribution in [0.5, 0.6) is 0 Å². The summed E-state index contributed by atoms with van der Waals surface area (Å²) in [5.74, 6) is -0.231. The van der Waals surface area contributed by atoms with Gasteiger partial charge in [0, 0.05) is 24.5 Å². The van der Waals surface area contributed by atoms with Crippen LogP contribution >= 0.6 is 34.5 Å². The van der Waals surface area contributed by atoms with Gasteiger partial charge >= 0.3 is 0 Å². The molecule has 0 radical (unpaired) electrons. The lowest BCUT2D eigenvalue weighted by Crippen LogP contribution is -2.32. The number of carbonyl (C=O) groups is 1. The number of rotatable bonds is 5. The van der Waals surface area contributed by atoms with E-state index in [2.05, 4.69) is 11.6 Å². The fraction of sp³-hybridized carbons (Fsp3) is 0.111. The Balaban J connectivity index is 1.96. The third-order valence-corrected chi connectivity index (χ3v) is 5.39. The van der Waals surface area contributed by atoms with Crippen molar-refractivity contribution >= 4 is 45.6 Å². The molecule has 4 nitrogen and oxygen atoms in total. The molecule has 0 aliphatic rings. The van der Waals surface area contributed by atoms with E-state index in [1.807, 2.05) is 35.7 Å². The second-order valence-corrected chi connectivity index (χ2v) is 6.91. The number of hydrogen-bond donors (Lipinski definition) is 0. The summed E-state index contributed by atoms with van der Waals surface area (Å²) >= 11 is 13.5. The highest BCUT2D eigenvalue weighted by Crippen LogP contribution is 2.30. The molecule has 7 heteroatoms. The molecule has 0 saturated carbocycles. The number of carbonyl (C=O) groups excluding carboxylic acids is 1. The number of anilines is 1. The third kappa shape index (κ3) is 3.49. The normalized spacial score (nSPS) is 10.7. The largest absolute Gasteiger partial charge is 0.329 e. The topological polar surface area (TPSA) is 38.1 Å². The van der Waals surface area contributed by atoms with E-state index in [0.29, 0.717) is 27.5 Å². The lowest BCUT2D eigenvalue weighted by atomic mass is 10.2. The number of nitrogens with zero attached hydrogens (tertiary/aromatic N) is 3. The Morgan fingerprint density at radius 3 is 2.68 bits per heavy atom. The van der Waals surface area contributed by atoms with E-state index in [4.69, 9.17) is 23.2 Å². The highest BCUT2D eigenvalue weighted by atomic mass is 35.5. The monoisotopic (exact) mass is 391 g/mol. The van der Waals surface area contributed by atoms with Crippen LogP contribution in [0.15, 0.2) is 54.4 Å². The molecule has 1 amide bonds. The fourth-order valence-corrected chi connectivity index (χ4v) is 3.61. The average Bonchev–Trinajstić information content (AvgIpc) is 3.21. The van der Waals surface area contributed by atoms with Gasteiger partial charge in [-0.15, -0.1) is 17.9 Å². The molecule has 0 atom stereocenters. The number of benzene rings is 1. The van der Waals surface area contributed by atoms with E-state index in [1.54, 1.807) is 28.7 Å². The summed E-state index contributed by atoms with van der Waals surface area (Å²) in [6.07, 6.45) is 1.66. The van der Waals surface area contributed by atoms with Crippen LogP contribution in [-0.4, -0.2) is 22.0 Å². The van der Waals surface area contributed by atoms with Gasteiger partial charge in [-0.1, -0.05) is 59.6 Å². The van der Waals surface area contributed by atoms with Crippen molar-refractivity contribution in [1.82, 2.24) is 9.55 Å². The summed E-state index contributed by atoms with van der Waals surface area (Å²) in [5, 5.41) is 3.19. The minimum atomic E-state index is -0.231. The Kier molecular flexibility index (Phi) is 5.27. The van der Waals surface area contributed by atoms with E-state index in [1.165, 1.54) is 11.3 Å². The van der Waals surface area contributed by atoms with Crippen LogP contribution in [0.25, 0.3) is 11.3 Å². The van der Waals surface area contributed by atoms with Crippen molar-refractivity contribution in [1.29, 1.82) is 0 Å². The maximum atomic E-state index is 13.0. The second kappa shape index (κ2) is 7.44. The van der Waals surface area contributed by atoms with Crippen LogP contribution in [0.2, 0.25) is 10.2 Å². The van der Waals surface area contributed by atoms with Crippen LogP contribution in [0, 0.1) is 0 Å². The molecule has 25 heavy (non-hydrogen) atoms. The second-order valence-electron chi connectivity index (χ2n) is 5.31. The van der Waals surface area contributed by atoms with Crippen molar-refractivity contribution in [3.8, 4) is 11.3 Å². The van der Waals surface area contributed by atoms with E-state index in [9.17, 15) is 4.79 Å². The zero-order valence-corrected chi connectivity index (χ0v) is 15.8. The molecule has 0 fully saturated rings. The predicted octanol–water partition coefficient (Wildman–Crippen LogP) is 5.29. The molecule has 3 rings (SSSR count). The Morgan fingerprint density at radius 2 is 2.08 bits per heavy atom. The van der Waals surface area contributed by atoms with Crippen molar-refractivity contribution in [3.05, 3.63) is 70.3 Å². The molecule has 2 aromatic heterocycles. The van der Waals surface area contributed by atoms with Gasteiger partial charge in [0.25, 0.3) is 5.91 Å². The molecule has 0 bridgehead atoms. The third-order valence-electron chi connectivity index (χ3n) is 3.68. The summed E-state index contributed by atoms with van der Waals surface area (Å²) in [7, 11) is 1.70. The van der Waals surface area contributed by atoms with Crippen molar-refractivity contribution in [3.63, 3.8) is 0 Å². The van der Waals surface area contributed by atoms with E-state index in [-0.39, 0.29) is 5.91 Å². The predicted molar refractivity (Wildman–Crippen MR) is 105 cm³/mol. The van der Waals surface area contributed by atoms with Crippen LogP contribution < -0.4 is 4.90 Å². The first-order valence-electron chi connectivity index (χ1n) is 7.47. The zero-order chi connectivity index (χ0) is 18.0. The highest BCUT2D eigenvalue weighted by molar-refractivity contribution is 7.14. The summed E-state index contributed by atoms with van der Waals surface area (Å²) in [6.45, 7) is 4.07. The summed E-state index contributed by atoms with van der Waals surface area (Å²) in [5.41, 5.74) is 2.22. The van der Waals surface area contributed by atoms with Gasteiger partial charge in [-0.3, -0.25) is 9.69 Å². The van der Waals surface area contributed by atoms with E-state index >= 15 is 0 Å². The average molecular weight is 392 g/mol. The van der Waals surface area contributed by atoms with Crippen LogP contribution in [0.3, 0.4) is 0 Å². The molecule has 0 saturated heterocycles. The molecule has 0 aliphatic heterocycles. The Labute approximate surface area is 159 Å².